The number of carboxylic acid groups (broad SMARTS) is 1. The van der Waals surface area contributed by atoms with Gasteiger partial charge >= 0.3 is 29.6 Å². The Balaban J connectivity index is 0.00000768. The van der Waals surface area contributed by atoms with E-state index in [-0.39, 0.29) is 64.8 Å². The number of amides is 2. The summed E-state index contributed by atoms with van der Waals surface area (Å²) >= 11 is 0. The van der Waals surface area contributed by atoms with Gasteiger partial charge in [-0.25, -0.2) is 0 Å². The van der Waals surface area contributed by atoms with Gasteiger partial charge in [-0.2, -0.15) is 25.3 Å². The minimum atomic E-state index is -4.53. The van der Waals surface area contributed by atoms with Gasteiger partial charge in [0.05, 0.1) is 32.7 Å². The van der Waals surface area contributed by atoms with Gasteiger partial charge in [-0.3, -0.25) is 23.2 Å². The average molecular weight is 722 g/mol. The van der Waals surface area contributed by atoms with Crippen molar-refractivity contribution in [3.63, 3.8) is 0 Å². The van der Waals surface area contributed by atoms with Crippen molar-refractivity contribution in [2.24, 2.45) is 5.73 Å². The molecule has 0 heterocycles. The van der Waals surface area contributed by atoms with Gasteiger partial charge < -0.3 is 26.3 Å². The van der Waals surface area contributed by atoms with Gasteiger partial charge in [0.2, 0.25) is 11.8 Å². The minimum Gasteiger partial charge on any atom is -0.548 e. The summed E-state index contributed by atoms with van der Waals surface area (Å²) < 4.78 is 95.3. The Morgan fingerprint density at radius 3 is 1.19 bits per heavy atom. The number of nitrogens with one attached hydrogen (secondary N) is 2. The van der Waals surface area contributed by atoms with Crippen LogP contribution in [0.5, 0.6) is 0 Å². The van der Waals surface area contributed by atoms with Crippen LogP contribution in [0.4, 0.5) is 0 Å². The van der Waals surface area contributed by atoms with Crippen LogP contribution in [0.2, 0.25) is 0 Å². The van der Waals surface area contributed by atoms with Crippen molar-refractivity contribution in [2.75, 3.05) is 0 Å². The Morgan fingerprint density at radius 1 is 0.574 bits per heavy atom. The standard InChI is InChI=1S/C27H29N3O13S3.Na/c28-22(13-16-1-7-19(8-2-16)44(35,36)37)25(31)29-23(14-17-3-9-20(10-4-17)45(38,39)40)26(32)30-24(27(33)34)15-18-5-11-21(12-6-18)46(41,42)43;/h1-12,22-24H,13-15,28H2,(H,29,31)(H,30,32)(H,33,34)(H,35,36,37)(H,38,39,40)(H,41,42,43);/q;+1/p-1. The predicted molar refractivity (Wildman–Crippen MR) is 157 cm³/mol. The van der Waals surface area contributed by atoms with Crippen LogP contribution in [0.25, 0.3) is 0 Å². The number of carboxylic acids is 1. The average Bonchev–Trinajstić information content (AvgIpc) is 2.95. The number of nitrogens with two attached hydrogens (primary N) is 1. The van der Waals surface area contributed by atoms with E-state index >= 15 is 0 Å². The molecule has 0 spiro atoms. The number of hydrogen-bond acceptors (Lipinski definition) is 11. The van der Waals surface area contributed by atoms with E-state index in [1.165, 1.54) is 36.4 Å². The molecule has 3 unspecified atom stereocenters. The number of hydrogen-bond donors (Lipinski definition) is 6. The molecule has 0 fully saturated rings. The van der Waals surface area contributed by atoms with Gasteiger partial charge in [0.1, 0.15) is 6.04 Å². The largest absolute Gasteiger partial charge is 1.00 e. The molecule has 47 heavy (non-hydrogen) atoms. The van der Waals surface area contributed by atoms with Crippen molar-refractivity contribution in [1.29, 1.82) is 0 Å². The second kappa shape index (κ2) is 16.2. The molecule has 0 saturated heterocycles. The molecule has 7 N–H and O–H groups in total. The monoisotopic (exact) mass is 721 g/mol. The third-order valence-corrected chi connectivity index (χ3v) is 9.17. The van der Waals surface area contributed by atoms with E-state index in [4.69, 9.17) is 14.8 Å². The Kier molecular flexibility index (Phi) is 13.8. The first-order chi connectivity index (χ1) is 21.2. The molecule has 0 radical (unpaired) electrons. The number of rotatable bonds is 14. The van der Waals surface area contributed by atoms with Crippen LogP contribution >= 0.6 is 0 Å². The third-order valence-electron chi connectivity index (χ3n) is 6.57. The third kappa shape index (κ3) is 12.1. The van der Waals surface area contributed by atoms with Gasteiger partial charge in [-0.1, -0.05) is 36.4 Å². The SMILES string of the molecule is NC(Cc1ccc(S(=O)(=O)O)cc1)C(=O)NC(Cc1ccc(S(=O)(=O)O)cc1)C(=O)NC(Cc1ccc(S(=O)(=O)O)cc1)C(=O)[O-].[Na+]. The summed E-state index contributed by atoms with van der Waals surface area (Å²) in [5.74, 6) is -3.61. The van der Waals surface area contributed by atoms with Gasteiger partial charge in [0, 0.05) is 6.42 Å². The molecule has 0 aliphatic rings. The molecule has 0 bridgehead atoms. The van der Waals surface area contributed by atoms with Crippen LogP contribution in [-0.4, -0.2) is 74.8 Å². The maximum atomic E-state index is 13.3. The molecule has 3 rings (SSSR count). The van der Waals surface area contributed by atoms with Crippen molar-refractivity contribution >= 4 is 48.1 Å². The van der Waals surface area contributed by atoms with Gasteiger partial charge in [0.25, 0.3) is 30.4 Å². The summed E-state index contributed by atoms with van der Waals surface area (Å²) in [6.45, 7) is 0. The quantitative estimate of drug-likeness (QED) is 0.0676. The van der Waals surface area contributed by atoms with Gasteiger partial charge in [-0.05, 0) is 65.9 Å². The molecule has 16 nitrogen and oxygen atoms in total. The summed E-state index contributed by atoms with van der Waals surface area (Å²) in [5.41, 5.74) is 6.93. The van der Waals surface area contributed by atoms with Crippen LogP contribution in [0.15, 0.2) is 87.5 Å². The molecule has 3 aromatic carbocycles. The smallest absolute Gasteiger partial charge is 0.548 e. The van der Waals surface area contributed by atoms with Gasteiger partial charge in [0.15, 0.2) is 0 Å². The molecular weight excluding hydrogens is 693 g/mol. The van der Waals surface area contributed by atoms with Crippen molar-refractivity contribution < 1.29 is 88.0 Å². The Labute approximate surface area is 292 Å². The summed E-state index contributed by atoms with van der Waals surface area (Å²) in [6.07, 6.45) is -0.833. The molecule has 2 amide bonds. The van der Waals surface area contributed by atoms with Crippen LogP contribution in [0.3, 0.4) is 0 Å². The predicted octanol–water partition coefficient (Wildman–Crippen LogP) is -4.49. The maximum absolute atomic E-state index is 13.3. The molecular formula is C27H28N3NaO13S3. The topological polar surface area (TPSA) is 287 Å². The van der Waals surface area contributed by atoms with E-state index < -0.39 is 76.1 Å². The molecule has 3 aromatic rings. The van der Waals surface area contributed by atoms with Crippen LogP contribution in [0, 0.1) is 0 Å². The fourth-order valence-electron chi connectivity index (χ4n) is 4.16. The zero-order chi connectivity index (χ0) is 34.4. The Morgan fingerprint density at radius 2 is 0.872 bits per heavy atom. The second-order valence-electron chi connectivity index (χ2n) is 10.0. The van der Waals surface area contributed by atoms with Crippen LogP contribution in [-0.2, 0) is 64.0 Å². The van der Waals surface area contributed by atoms with Crippen molar-refractivity contribution in [3.05, 3.63) is 89.5 Å². The molecule has 248 valence electrons. The van der Waals surface area contributed by atoms with Crippen molar-refractivity contribution in [3.8, 4) is 0 Å². The number of benzene rings is 3. The zero-order valence-electron chi connectivity index (χ0n) is 24.5. The fourth-order valence-corrected chi connectivity index (χ4v) is 5.60. The summed E-state index contributed by atoms with van der Waals surface area (Å²) in [5, 5.41) is 16.5. The van der Waals surface area contributed by atoms with E-state index in [1.807, 2.05) is 0 Å². The second-order valence-corrected chi connectivity index (χ2v) is 14.3. The number of aliphatic carboxylic acids is 1. The summed E-state index contributed by atoms with van der Waals surface area (Å²) in [6, 6.07) is 9.40. The molecule has 0 aliphatic heterocycles. The van der Waals surface area contributed by atoms with Gasteiger partial charge in [-0.15, -0.1) is 0 Å². The zero-order valence-corrected chi connectivity index (χ0v) is 29.0. The summed E-state index contributed by atoms with van der Waals surface area (Å²) in [4.78, 5) is 37.0. The number of carbonyl (C=O) groups is 3. The molecule has 0 saturated carbocycles. The van der Waals surface area contributed by atoms with Crippen LogP contribution < -0.4 is 51.0 Å². The first kappa shape index (κ1) is 39.9. The van der Waals surface area contributed by atoms with E-state index in [0.717, 1.165) is 36.4 Å². The normalized spacial score (nSPS) is 13.8. The molecule has 20 heteroatoms. The van der Waals surface area contributed by atoms with Crippen molar-refractivity contribution in [1.82, 2.24) is 10.6 Å². The van der Waals surface area contributed by atoms with E-state index in [0.29, 0.717) is 5.56 Å². The maximum Gasteiger partial charge on any atom is 1.00 e. The first-order valence-corrected chi connectivity index (χ1v) is 17.3. The number of carbonyl (C=O) groups excluding carboxylic acids is 3. The minimum absolute atomic E-state index is 0. The van der Waals surface area contributed by atoms with E-state index in [1.54, 1.807) is 0 Å². The molecule has 0 aliphatic carbocycles. The molecule has 3 atom stereocenters. The van der Waals surface area contributed by atoms with Crippen LogP contribution in [0.1, 0.15) is 16.7 Å². The Bertz CT molecular complexity index is 1920. The Hall–Kier alpha value is -3.24. The first-order valence-electron chi connectivity index (χ1n) is 13.0. The van der Waals surface area contributed by atoms with E-state index in [9.17, 15) is 49.3 Å². The van der Waals surface area contributed by atoms with Crippen molar-refractivity contribution in [2.45, 2.75) is 52.1 Å². The molecule has 0 aromatic heterocycles. The van der Waals surface area contributed by atoms with E-state index in [2.05, 4.69) is 10.6 Å². The fraction of sp³-hybridized carbons (Fsp3) is 0.222. The summed E-state index contributed by atoms with van der Waals surface area (Å²) in [7, 11) is -13.5.